The maximum absolute atomic E-state index is 11.6. The first-order chi connectivity index (χ1) is 19.3. The van der Waals surface area contributed by atoms with Crippen molar-refractivity contribution in [2.24, 2.45) is 16.7 Å². The first kappa shape index (κ1) is 27.5. The fourth-order valence-electron chi connectivity index (χ4n) is 9.05. The van der Waals surface area contributed by atoms with Crippen molar-refractivity contribution in [3.8, 4) is 11.5 Å². The number of aryl methyl sites for hydroxylation is 1. The van der Waals surface area contributed by atoms with E-state index in [4.69, 9.17) is 9.47 Å². The number of hydrogen-bond donors (Lipinski definition) is 1. The monoisotopic (exact) mass is 543 g/mol. The molecule has 1 aliphatic heterocycles. The van der Waals surface area contributed by atoms with Crippen molar-refractivity contribution in [2.75, 3.05) is 26.2 Å². The Kier molecular flexibility index (Phi) is 7.56. The number of hydrogen-bond acceptors (Lipinski definition) is 5. The number of carbonyl (C=O) groups is 1. The highest BCUT2D eigenvalue weighted by Gasteiger charge is 2.63. The quantitative estimate of drug-likeness (QED) is 0.241. The van der Waals surface area contributed by atoms with Crippen LogP contribution in [0.1, 0.15) is 87.3 Å². The molecule has 0 aromatic heterocycles. The van der Waals surface area contributed by atoms with Crippen molar-refractivity contribution >= 4 is 5.97 Å². The van der Waals surface area contributed by atoms with Gasteiger partial charge < -0.3 is 14.6 Å². The van der Waals surface area contributed by atoms with Crippen LogP contribution in [-0.4, -0.2) is 48.3 Å². The van der Waals surface area contributed by atoms with Crippen molar-refractivity contribution in [3.05, 3.63) is 71.8 Å². The van der Waals surface area contributed by atoms with E-state index in [0.717, 1.165) is 51.0 Å². The summed E-state index contributed by atoms with van der Waals surface area (Å²) in [5, 5.41) is 11.3. The number of aliphatic hydroxyl groups excluding tert-OH is 1. The molecule has 40 heavy (non-hydrogen) atoms. The van der Waals surface area contributed by atoms with Crippen molar-refractivity contribution in [1.29, 1.82) is 0 Å². The third-order valence-corrected chi connectivity index (χ3v) is 10.9. The van der Waals surface area contributed by atoms with Crippen LogP contribution in [0, 0.1) is 16.7 Å². The molecule has 1 heterocycles. The highest BCUT2D eigenvalue weighted by atomic mass is 16.5. The van der Waals surface area contributed by atoms with Crippen LogP contribution < -0.4 is 9.47 Å². The van der Waals surface area contributed by atoms with E-state index in [0.29, 0.717) is 11.7 Å². The second kappa shape index (κ2) is 11.0. The first-order valence-corrected chi connectivity index (χ1v) is 15.4. The zero-order chi connectivity index (χ0) is 27.9. The number of esters is 1. The lowest BCUT2D eigenvalue weighted by atomic mass is 9.44. The fraction of sp³-hybridized carbons (Fsp3) is 0.571. The summed E-state index contributed by atoms with van der Waals surface area (Å²) in [6.45, 7) is 12.3. The van der Waals surface area contributed by atoms with Gasteiger partial charge in [-0.2, -0.15) is 0 Å². The summed E-state index contributed by atoms with van der Waals surface area (Å²) in [7, 11) is 0. The van der Waals surface area contributed by atoms with Crippen molar-refractivity contribution in [1.82, 2.24) is 4.90 Å². The van der Waals surface area contributed by atoms with Gasteiger partial charge in [0.05, 0.1) is 6.10 Å². The Balaban J connectivity index is 1.31. The summed E-state index contributed by atoms with van der Waals surface area (Å²) in [6.07, 6.45) is 10.7. The number of allylic oxidation sites excluding steroid dienone is 1. The van der Waals surface area contributed by atoms with Crippen LogP contribution in [0.5, 0.6) is 11.5 Å². The minimum atomic E-state index is -0.291. The maximum atomic E-state index is 11.6. The van der Waals surface area contributed by atoms with Gasteiger partial charge in [-0.05, 0) is 122 Å². The summed E-state index contributed by atoms with van der Waals surface area (Å²) in [5.41, 5.74) is 3.68. The fourth-order valence-corrected chi connectivity index (χ4v) is 9.05. The molecule has 2 aromatic carbocycles. The van der Waals surface area contributed by atoms with Crippen LogP contribution in [0.25, 0.3) is 0 Å². The predicted molar refractivity (Wildman–Crippen MR) is 158 cm³/mol. The molecule has 6 atom stereocenters. The molecule has 4 aliphatic rings. The number of ether oxygens (including phenoxy) is 2. The zero-order valence-electron chi connectivity index (χ0n) is 24.2. The van der Waals surface area contributed by atoms with Gasteiger partial charge in [0.2, 0.25) is 0 Å². The van der Waals surface area contributed by atoms with E-state index in [-0.39, 0.29) is 34.7 Å². The van der Waals surface area contributed by atoms with Crippen LogP contribution in [0.2, 0.25) is 0 Å². The molecule has 6 rings (SSSR count). The average molecular weight is 544 g/mol. The molecule has 0 radical (unpaired) electrons. The molecule has 1 N–H and O–H groups in total. The lowest BCUT2D eigenvalue weighted by Crippen LogP contribution is -2.53. The van der Waals surface area contributed by atoms with Gasteiger partial charge in [-0.25, -0.2) is 0 Å². The molecule has 0 spiro atoms. The molecular weight excluding hydrogens is 498 g/mol. The Morgan fingerprint density at radius 3 is 2.58 bits per heavy atom. The smallest absolute Gasteiger partial charge is 0.308 e. The molecule has 1 saturated heterocycles. The van der Waals surface area contributed by atoms with Gasteiger partial charge in [-0.1, -0.05) is 37.6 Å². The molecule has 5 nitrogen and oxygen atoms in total. The van der Waals surface area contributed by atoms with E-state index in [2.05, 4.69) is 60.9 Å². The number of piperidine rings is 1. The third-order valence-electron chi connectivity index (χ3n) is 10.9. The van der Waals surface area contributed by atoms with Crippen molar-refractivity contribution < 1.29 is 19.4 Å². The van der Waals surface area contributed by atoms with Crippen molar-refractivity contribution in [2.45, 2.75) is 83.2 Å². The highest BCUT2D eigenvalue weighted by Crippen LogP contribution is 2.71. The van der Waals surface area contributed by atoms with Gasteiger partial charge in [0.25, 0.3) is 0 Å². The van der Waals surface area contributed by atoms with E-state index in [1.54, 1.807) is 0 Å². The Hall–Kier alpha value is -2.63. The molecular formula is C35H45NO4. The second-order valence-electron chi connectivity index (χ2n) is 13.0. The Morgan fingerprint density at radius 2 is 1.85 bits per heavy atom. The third kappa shape index (κ3) is 4.79. The summed E-state index contributed by atoms with van der Waals surface area (Å²) in [4.78, 5) is 14.1. The van der Waals surface area contributed by atoms with E-state index < -0.39 is 0 Å². The van der Waals surface area contributed by atoms with Gasteiger partial charge in [0, 0.05) is 19.4 Å². The number of rotatable bonds is 7. The molecule has 214 valence electrons. The number of nitrogens with zero attached hydrogens (tertiary/aromatic N) is 1. The van der Waals surface area contributed by atoms with E-state index in [1.165, 1.54) is 56.0 Å². The molecule has 5 heteroatoms. The lowest BCUT2D eigenvalue weighted by Gasteiger charge is -2.60. The van der Waals surface area contributed by atoms with Gasteiger partial charge in [-0.15, -0.1) is 6.58 Å². The summed E-state index contributed by atoms with van der Waals surface area (Å²) >= 11 is 0. The predicted octanol–water partition coefficient (Wildman–Crippen LogP) is 6.64. The van der Waals surface area contributed by atoms with Crippen LogP contribution >= 0.6 is 0 Å². The summed E-state index contributed by atoms with van der Waals surface area (Å²) in [6, 6.07) is 15.0. The van der Waals surface area contributed by atoms with Gasteiger partial charge in [0.1, 0.15) is 18.1 Å². The number of likely N-dealkylation sites (tertiary alicyclic amines) is 1. The number of carbonyl (C=O) groups excluding carboxylic acids is 1. The molecule has 0 unspecified atom stereocenters. The number of aliphatic hydroxyl groups is 1. The van der Waals surface area contributed by atoms with E-state index >= 15 is 0 Å². The first-order valence-electron chi connectivity index (χ1n) is 15.4. The zero-order valence-corrected chi connectivity index (χ0v) is 24.2. The number of fused-ring (bicyclic) bond motifs is 5. The molecule has 2 aromatic rings. The van der Waals surface area contributed by atoms with Crippen LogP contribution in [-0.2, 0) is 11.2 Å². The minimum absolute atomic E-state index is 0.0886. The number of benzene rings is 2. The average Bonchev–Trinajstić information content (AvgIpc) is 3.27. The standard InChI is InChI=1S/C35H45NO4/c1-4-35-17-16-26-22-28(40-24(2)37)12-13-29(26)33(35)30(23-34(3)31(35)14-15-32(34)38)25-8-10-27(11-9-25)39-21-20-36-18-6-5-7-19-36/h4,8-13,22,30-33,38H,1,5-7,14-21,23H2,2-3H3/t30-,31-,32+,33+,34+,35+/m1/s1. The molecule has 0 amide bonds. The van der Waals surface area contributed by atoms with Crippen molar-refractivity contribution in [3.63, 3.8) is 0 Å². The highest BCUT2D eigenvalue weighted by molar-refractivity contribution is 5.69. The van der Waals surface area contributed by atoms with Crippen LogP contribution in [0.4, 0.5) is 0 Å². The Bertz CT molecular complexity index is 1230. The van der Waals surface area contributed by atoms with Crippen LogP contribution in [0.15, 0.2) is 55.1 Å². The molecule has 3 fully saturated rings. The van der Waals surface area contributed by atoms with Gasteiger partial charge in [-0.3, -0.25) is 9.69 Å². The lowest BCUT2D eigenvalue weighted by molar-refractivity contribution is -0.131. The maximum Gasteiger partial charge on any atom is 0.308 e. The molecule has 0 bridgehead atoms. The Morgan fingerprint density at radius 1 is 1.10 bits per heavy atom. The molecule has 3 aliphatic carbocycles. The molecule has 2 saturated carbocycles. The second-order valence-corrected chi connectivity index (χ2v) is 13.0. The van der Waals surface area contributed by atoms with Gasteiger partial charge in [0.15, 0.2) is 0 Å². The minimum Gasteiger partial charge on any atom is -0.492 e. The summed E-state index contributed by atoms with van der Waals surface area (Å²) in [5.74, 6) is 2.15. The van der Waals surface area contributed by atoms with E-state index in [9.17, 15) is 9.90 Å². The van der Waals surface area contributed by atoms with E-state index in [1.807, 2.05) is 6.07 Å². The normalized spacial score (nSPS) is 33.4. The summed E-state index contributed by atoms with van der Waals surface area (Å²) < 4.78 is 11.6. The largest absolute Gasteiger partial charge is 0.492 e. The topological polar surface area (TPSA) is 59.0 Å². The Labute approximate surface area is 239 Å². The SMILES string of the molecule is C=C[C@@]12CCc3cc(OC(C)=O)ccc3[C@H]1[C@@H](c1ccc(OCCN3CCCCC3)cc1)C[C@@]1(C)[C@H]2CC[C@@H]1O. The van der Waals surface area contributed by atoms with Crippen LogP contribution in [0.3, 0.4) is 0 Å². The van der Waals surface area contributed by atoms with Gasteiger partial charge >= 0.3 is 5.97 Å².